The molecule has 0 heterocycles. The number of rotatable bonds is 7. The lowest BCUT2D eigenvalue weighted by Crippen LogP contribution is -2.32. The Kier molecular flexibility index (Phi) is 6.34. The molecule has 0 fully saturated rings. The van der Waals surface area contributed by atoms with E-state index in [2.05, 4.69) is 5.32 Å². The van der Waals surface area contributed by atoms with Gasteiger partial charge in [-0.1, -0.05) is 13.8 Å². The highest BCUT2D eigenvalue weighted by Gasteiger charge is 2.14. The molecule has 0 rings (SSSR count). The predicted octanol–water partition coefficient (Wildman–Crippen LogP) is 0.367. The van der Waals surface area contributed by atoms with Crippen molar-refractivity contribution < 1.29 is 10.2 Å². The van der Waals surface area contributed by atoms with Gasteiger partial charge in [-0.25, -0.2) is 0 Å². The van der Waals surface area contributed by atoms with Gasteiger partial charge in [-0.3, -0.25) is 0 Å². The second kappa shape index (κ2) is 6.40. The molecule has 0 aromatic rings. The first-order valence-electron chi connectivity index (χ1n) is 4.55. The van der Waals surface area contributed by atoms with Crippen LogP contribution in [0.1, 0.15) is 26.7 Å². The maximum Gasteiger partial charge on any atom is 0.0494 e. The molecule has 3 heteroatoms. The van der Waals surface area contributed by atoms with Crippen molar-refractivity contribution in [2.75, 3.05) is 26.3 Å². The van der Waals surface area contributed by atoms with Gasteiger partial charge in [0.2, 0.25) is 0 Å². The van der Waals surface area contributed by atoms with E-state index >= 15 is 0 Å². The minimum Gasteiger partial charge on any atom is -0.396 e. The fraction of sp³-hybridized carbons (Fsp3) is 1.00. The summed E-state index contributed by atoms with van der Waals surface area (Å²) in [4.78, 5) is 0. The predicted molar refractivity (Wildman–Crippen MR) is 50.1 cm³/mol. The summed E-state index contributed by atoms with van der Waals surface area (Å²) in [6.07, 6.45) is 1.85. The summed E-state index contributed by atoms with van der Waals surface area (Å²) in [6, 6.07) is 0. The van der Waals surface area contributed by atoms with Crippen LogP contribution in [0.3, 0.4) is 0 Å². The van der Waals surface area contributed by atoms with Crippen molar-refractivity contribution in [2.45, 2.75) is 26.7 Å². The van der Waals surface area contributed by atoms with E-state index in [-0.39, 0.29) is 18.6 Å². The molecule has 0 saturated carbocycles. The van der Waals surface area contributed by atoms with E-state index in [4.69, 9.17) is 10.2 Å². The monoisotopic (exact) mass is 175 g/mol. The first-order chi connectivity index (χ1) is 5.62. The minimum absolute atomic E-state index is 0.0286. The lowest BCUT2D eigenvalue weighted by Gasteiger charge is -2.21. The average Bonchev–Trinajstić information content (AvgIpc) is 2.04. The van der Waals surface area contributed by atoms with Crippen molar-refractivity contribution in [1.82, 2.24) is 5.32 Å². The minimum atomic E-state index is -0.0286. The molecular formula is C9H21NO2. The van der Waals surface area contributed by atoms with Crippen molar-refractivity contribution in [3.05, 3.63) is 0 Å². The summed E-state index contributed by atoms with van der Waals surface area (Å²) >= 11 is 0. The van der Waals surface area contributed by atoms with Crippen LogP contribution in [0, 0.1) is 5.41 Å². The van der Waals surface area contributed by atoms with Crippen molar-refractivity contribution in [3.63, 3.8) is 0 Å². The maximum atomic E-state index is 8.92. The number of hydrogen-bond acceptors (Lipinski definition) is 3. The molecule has 0 atom stereocenters. The molecule has 0 amide bonds. The van der Waals surface area contributed by atoms with Crippen LogP contribution in [0.2, 0.25) is 0 Å². The lowest BCUT2D eigenvalue weighted by atomic mass is 9.95. The van der Waals surface area contributed by atoms with Gasteiger partial charge < -0.3 is 15.5 Å². The van der Waals surface area contributed by atoms with Crippen LogP contribution in [0.25, 0.3) is 0 Å². The Morgan fingerprint density at radius 3 is 2.33 bits per heavy atom. The molecule has 0 saturated heterocycles. The third-order valence-electron chi connectivity index (χ3n) is 1.79. The van der Waals surface area contributed by atoms with Gasteiger partial charge >= 0.3 is 0 Å². The topological polar surface area (TPSA) is 52.5 Å². The molecule has 0 aliphatic heterocycles. The fourth-order valence-corrected chi connectivity index (χ4v) is 0.844. The Morgan fingerprint density at radius 2 is 1.83 bits per heavy atom. The molecule has 0 aromatic heterocycles. The molecule has 0 radical (unpaired) electrons. The molecule has 3 N–H and O–H groups in total. The van der Waals surface area contributed by atoms with Crippen molar-refractivity contribution in [2.24, 2.45) is 5.41 Å². The van der Waals surface area contributed by atoms with Crippen LogP contribution in [0.5, 0.6) is 0 Å². The van der Waals surface area contributed by atoms with E-state index in [0.717, 1.165) is 25.9 Å². The van der Waals surface area contributed by atoms with Gasteiger partial charge in [-0.05, 0) is 19.4 Å². The summed E-state index contributed by atoms with van der Waals surface area (Å²) in [5.74, 6) is 0. The zero-order valence-electron chi connectivity index (χ0n) is 8.14. The van der Waals surface area contributed by atoms with Crippen molar-refractivity contribution >= 4 is 0 Å². The summed E-state index contributed by atoms with van der Waals surface area (Å²) in [5, 5.41) is 20.7. The lowest BCUT2D eigenvalue weighted by molar-refractivity contribution is 0.156. The van der Waals surface area contributed by atoms with Gasteiger partial charge in [0.05, 0.1) is 0 Å². The van der Waals surface area contributed by atoms with Gasteiger partial charge in [0.1, 0.15) is 0 Å². The average molecular weight is 175 g/mol. The van der Waals surface area contributed by atoms with Gasteiger partial charge in [0, 0.05) is 25.2 Å². The van der Waals surface area contributed by atoms with Crippen LogP contribution < -0.4 is 5.32 Å². The highest BCUT2D eigenvalue weighted by Crippen LogP contribution is 2.10. The summed E-state index contributed by atoms with van der Waals surface area (Å²) in [7, 11) is 0. The maximum absolute atomic E-state index is 8.92. The third kappa shape index (κ3) is 6.58. The number of nitrogens with one attached hydrogen (secondary N) is 1. The Hall–Kier alpha value is -0.120. The Balaban J connectivity index is 3.19. The second-order valence-corrected chi connectivity index (χ2v) is 3.93. The van der Waals surface area contributed by atoms with Crippen molar-refractivity contribution in [1.29, 1.82) is 0 Å². The van der Waals surface area contributed by atoms with E-state index in [1.807, 2.05) is 13.8 Å². The number of aliphatic hydroxyl groups is 2. The molecule has 0 aliphatic carbocycles. The quantitative estimate of drug-likeness (QED) is 0.490. The van der Waals surface area contributed by atoms with E-state index in [0.29, 0.717) is 0 Å². The van der Waals surface area contributed by atoms with Gasteiger partial charge in [0.15, 0.2) is 0 Å². The summed E-state index contributed by atoms with van der Waals surface area (Å²) in [5.41, 5.74) is -0.0286. The van der Waals surface area contributed by atoms with E-state index in [9.17, 15) is 0 Å². The first kappa shape index (κ1) is 11.9. The zero-order valence-corrected chi connectivity index (χ0v) is 8.14. The van der Waals surface area contributed by atoms with Gasteiger partial charge in [0.25, 0.3) is 0 Å². The van der Waals surface area contributed by atoms with Gasteiger partial charge in [-0.2, -0.15) is 0 Å². The third-order valence-corrected chi connectivity index (χ3v) is 1.79. The Labute approximate surface area is 74.8 Å². The summed E-state index contributed by atoms with van der Waals surface area (Å²) in [6.45, 7) is 6.27. The van der Waals surface area contributed by atoms with E-state index in [1.165, 1.54) is 0 Å². The van der Waals surface area contributed by atoms with Crippen LogP contribution in [0.4, 0.5) is 0 Å². The number of unbranched alkanes of at least 4 members (excludes halogenated alkanes) is 1. The molecule has 12 heavy (non-hydrogen) atoms. The SMILES string of the molecule is CC(C)(CO)CNCCCCO. The van der Waals surface area contributed by atoms with Crippen LogP contribution in [-0.4, -0.2) is 36.5 Å². The van der Waals surface area contributed by atoms with E-state index < -0.39 is 0 Å². The van der Waals surface area contributed by atoms with Crippen LogP contribution in [0.15, 0.2) is 0 Å². The molecular weight excluding hydrogens is 154 g/mol. The highest BCUT2D eigenvalue weighted by atomic mass is 16.3. The highest BCUT2D eigenvalue weighted by molar-refractivity contribution is 4.69. The number of aliphatic hydroxyl groups excluding tert-OH is 2. The summed E-state index contributed by atoms with van der Waals surface area (Å²) < 4.78 is 0. The molecule has 3 nitrogen and oxygen atoms in total. The second-order valence-electron chi connectivity index (χ2n) is 3.93. The van der Waals surface area contributed by atoms with Gasteiger partial charge in [-0.15, -0.1) is 0 Å². The van der Waals surface area contributed by atoms with E-state index in [1.54, 1.807) is 0 Å². The Morgan fingerprint density at radius 1 is 1.17 bits per heavy atom. The number of hydrogen-bond donors (Lipinski definition) is 3. The molecule has 0 aromatic carbocycles. The normalized spacial score (nSPS) is 12.0. The first-order valence-corrected chi connectivity index (χ1v) is 4.55. The largest absolute Gasteiger partial charge is 0.396 e. The van der Waals surface area contributed by atoms with Crippen molar-refractivity contribution in [3.8, 4) is 0 Å². The molecule has 0 unspecified atom stereocenters. The molecule has 74 valence electrons. The smallest absolute Gasteiger partial charge is 0.0494 e. The standard InChI is InChI=1S/C9H21NO2/c1-9(2,8-12)7-10-5-3-4-6-11/h10-12H,3-8H2,1-2H3. The van der Waals surface area contributed by atoms with Crippen LogP contribution in [-0.2, 0) is 0 Å². The van der Waals surface area contributed by atoms with Crippen LogP contribution >= 0.6 is 0 Å². The molecule has 0 aliphatic rings. The fourth-order valence-electron chi connectivity index (χ4n) is 0.844. The Bertz CT molecular complexity index is 105. The molecule has 0 spiro atoms. The molecule has 0 bridgehead atoms. The zero-order chi connectivity index (χ0) is 9.45.